The first-order valence-electron chi connectivity index (χ1n) is 10.8. The van der Waals surface area contributed by atoms with E-state index in [1.165, 1.54) is 0 Å². The zero-order valence-corrected chi connectivity index (χ0v) is 20.8. The third-order valence-electron chi connectivity index (χ3n) is 5.60. The van der Waals surface area contributed by atoms with E-state index in [4.69, 9.17) is 5.73 Å². The van der Waals surface area contributed by atoms with Crippen molar-refractivity contribution in [1.29, 1.82) is 0 Å². The van der Waals surface area contributed by atoms with Gasteiger partial charge in [-0.25, -0.2) is 0 Å². The molecule has 1 heterocycles. The summed E-state index contributed by atoms with van der Waals surface area (Å²) < 4.78 is 1.88. The molecule has 7 heteroatoms. The monoisotopic (exact) mass is 491 g/mol. The maximum absolute atomic E-state index is 13.4. The Hall–Kier alpha value is -1.99. The lowest BCUT2D eigenvalue weighted by Gasteiger charge is -2.24. The van der Waals surface area contributed by atoms with Gasteiger partial charge in [-0.1, -0.05) is 68.7 Å². The number of hydrogen-bond donors (Lipinski definition) is 2. The molecular formula is C24H34BrN3O3. The molecule has 0 saturated heterocycles. The zero-order valence-electron chi connectivity index (χ0n) is 19.2. The Balaban J connectivity index is 2.41. The summed E-state index contributed by atoms with van der Waals surface area (Å²) >= 11 is 3.22. The molecule has 0 aliphatic carbocycles. The number of amides is 1. The molecule has 2 unspecified atom stereocenters. The molecule has 3 N–H and O–H groups in total. The third-order valence-corrected chi connectivity index (χ3v) is 6.51. The lowest BCUT2D eigenvalue weighted by molar-refractivity contribution is -0.128. The Kier molecular flexibility index (Phi) is 8.60. The number of benzene rings is 1. The summed E-state index contributed by atoms with van der Waals surface area (Å²) in [5.41, 5.74) is 8.33. The van der Waals surface area contributed by atoms with Crippen LogP contribution in [0, 0.1) is 11.8 Å². The number of rotatable bonds is 10. The molecule has 3 atom stereocenters. The highest BCUT2D eigenvalue weighted by Crippen LogP contribution is 2.28. The van der Waals surface area contributed by atoms with Crippen molar-refractivity contribution in [1.82, 2.24) is 9.88 Å². The van der Waals surface area contributed by atoms with Gasteiger partial charge in [-0.3, -0.25) is 14.4 Å². The molecule has 0 spiro atoms. The number of ketones is 2. The summed E-state index contributed by atoms with van der Waals surface area (Å²) in [5, 5.41) is 3.95. The van der Waals surface area contributed by atoms with Crippen molar-refractivity contribution in [2.24, 2.45) is 24.6 Å². The minimum Gasteiger partial charge on any atom is -0.341 e. The smallest absolute Gasteiger partial charge is 0.268 e. The standard InChI is InChI=1S/C24H34BrN3O3/c1-7-17(26)22(29)19(25)23(30)20(14(4)5)27-24(31)21-16(12-13(2)3)15-10-8-9-11-18(15)28(21)6/h8-11,13-14,17,19-20H,7,12,26H2,1-6H3,(H,27,31)/t17?,19?,20-/m0/s1. The first-order valence-corrected chi connectivity index (χ1v) is 11.8. The van der Waals surface area contributed by atoms with Crippen LogP contribution in [0.4, 0.5) is 0 Å². The van der Waals surface area contributed by atoms with Crippen molar-refractivity contribution in [2.75, 3.05) is 0 Å². The van der Waals surface area contributed by atoms with Gasteiger partial charge in [0.2, 0.25) is 0 Å². The number of carbonyl (C=O) groups excluding carboxylic acids is 3. The van der Waals surface area contributed by atoms with Crippen LogP contribution in [0.25, 0.3) is 10.9 Å². The topological polar surface area (TPSA) is 94.2 Å². The molecule has 0 aliphatic rings. The van der Waals surface area contributed by atoms with Gasteiger partial charge in [0.25, 0.3) is 5.91 Å². The predicted molar refractivity (Wildman–Crippen MR) is 129 cm³/mol. The van der Waals surface area contributed by atoms with Crippen molar-refractivity contribution >= 4 is 44.3 Å². The molecule has 0 fully saturated rings. The number of nitrogens with zero attached hydrogens (tertiary/aromatic N) is 1. The van der Waals surface area contributed by atoms with E-state index in [1.807, 2.05) is 49.7 Å². The van der Waals surface area contributed by atoms with E-state index in [0.29, 0.717) is 18.0 Å². The van der Waals surface area contributed by atoms with Gasteiger partial charge in [0.15, 0.2) is 11.6 Å². The molecular weight excluding hydrogens is 458 g/mol. The Morgan fingerprint density at radius 2 is 1.71 bits per heavy atom. The molecule has 1 amide bonds. The molecule has 170 valence electrons. The van der Waals surface area contributed by atoms with Crippen molar-refractivity contribution < 1.29 is 14.4 Å². The number of aromatic nitrogens is 1. The van der Waals surface area contributed by atoms with E-state index in [2.05, 4.69) is 35.1 Å². The SMILES string of the molecule is CCC(N)C(=O)C(Br)C(=O)[C@@H](NC(=O)c1c(CC(C)C)c2ccccc2n1C)C(C)C. The average molecular weight is 492 g/mol. The highest BCUT2D eigenvalue weighted by molar-refractivity contribution is 9.10. The fourth-order valence-corrected chi connectivity index (χ4v) is 4.46. The number of halogens is 1. The van der Waals surface area contributed by atoms with Gasteiger partial charge in [-0.2, -0.15) is 0 Å². The molecule has 0 aliphatic heterocycles. The maximum Gasteiger partial charge on any atom is 0.268 e. The molecule has 1 aromatic heterocycles. The van der Waals surface area contributed by atoms with E-state index in [-0.39, 0.29) is 23.4 Å². The van der Waals surface area contributed by atoms with Crippen LogP contribution in [-0.4, -0.2) is 39.0 Å². The molecule has 0 bridgehead atoms. The minimum absolute atomic E-state index is 0.189. The molecule has 31 heavy (non-hydrogen) atoms. The molecule has 2 aromatic rings. The Morgan fingerprint density at radius 3 is 2.26 bits per heavy atom. The van der Waals surface area contributed by atoms with E-state index in [9.17, 15) is 14.4 Å². The fraction of sp³-hybridized carbons (Fsp3) is 0.542. The Morgan fingerprint density at radius 1 is 1.10 bits per heavy atom. The summed E-state index contributed by atoms with van der Waals surface area (Å²) in [6.07, 6.45) is 1.19. The first-order chi connectivity index (χ1) is 14.5. The number of fused-ring (bicyclic) bond motifs is 1. The van der Waals surface area contributed by atoms with Crippen LogP contribution in [-0.2, 0) is 23.1 Å². The van der Waals surface area contributed by atoms with Crippen LogP contribution in [0.5, 0.6) is 0 Å². The average Bonchev–Trinajstić information content (AvgIpc) is 3.00. The number of alkyl halides is 1. The summed E-state index contributed by atoms with van der Waals surface area (Å²) in [6, 6.07) is 6.39. The number of para-hydroxylation sites is 1. The lowest BCUT2D eigenvalue weighted by atomic mass is 9.93. The van der Waals surface area contributed by atoms with Gasteiger partial charge in [0.05, 0.1) is 12.1 Å². The van der Waals surface area contributed by atoms with E-state index in [1.54, 1.807) is 6.92 Å². The summed E-state index contributed by atoms with van der Waals surface area (Å²) in [4.78, 5) is 37.9. The van der Waals surface area contributed by atoms with Crippen LogP contribution in [0.15, 0.2) is 24.3 Å². The number of nitrogens with one attached hydrogen (secondary N) is 1. The molecule has 6 nitrogen and oxygen atoms in total. The van der Waals surface area contributed by atoms with Crippen molar-refractivity contribution in [3.05, 3.63) is 35.5 Å². The normalized spacial score (nSPS) is 14.6. The van der Waals surface area contributed by atoms with Gasteiger partial charge in [0.1, 0.15) is 10.5 Å². The highest BCUT2D eigenvalue weighted by atomic mass is 79.9. The van der Waals surface area contributed by atoms with Crippen LogP contribution in [0.3, 0.4) is 0 Å². The molecule has 0 saturated carbocycles. The third kappa shape index (κ3) is 5.44. The van der Waals surface area contributed by atoms with E-state index in [0.717, 1.165) is 22.9 Å². The fourth-order valence-electron chi connectivity index (χ4n) is 3.84. The van der Waals surface area contributed by atoms with Crippen molar-refractivity contribution in [2.45, 2.75) is 64.4 Å². The quantitative estimate of drug-likeness (QED) is 0.390. The summed E-state index contributed by atoms with van der Waals surface area (Å²) in [5.74, 6) is -0.877. The van der Waals surface area contributed by atoms with Crippen LogP contribution in [0.1, 0.15) is 57.1 Å². The van der Waals surface area contributed by atoms with Gasteiger partial charge in [-0.05, 0) is 36.3 Å². The molecule has 2 rings (SSSR count). The van der Waals surface area contributed by atoms with Gasteiger partial charge >= 0.3 is 0 Å². The zero-order chi connectivity index (χ0) is 23.5. The van der Waals surface area contributed by atoms with Crippen LogP contribution >= 0.6 is 15.9 Å². The van der Waals surface area contributed by atoms with Gasteiger partial charge in [-0.15, -0.1) is 0 Å². The highest BCUT2D eigenvalue weighted by Gasteiger charge is 2.35. The Labute approximate surface area is 193 Å². The Bertz CT molecular complexity index is 964. The predicted octanol–water partition coefficient (Wildman–Crippen LogP) is 3.77. The van der Waals surface area contributed by atoms with Crippen LogP contribution in [0.2, 0.25) is 0 Å². The maximum atomic E-state index is 13.4. The van der Waals surface area contributed by atoms with E-state index < -0.39 is 16.9 Å². The van der Waals surface area contributed by atoms with Crippen LogP contribution < -0.4 is 11.1 Å². The van der Waals surface area contributed by atoms with E-state index >= 15 is 0 Å². The van der Waals surface area contributed by atoms with Crippen molar-refractivity contribution in [3.63, 3.8) is 0 Å². The van der Waals surface area contributed by atoms with Gasteiger partial charge in [0, 0.05) is 18.0 Å². The lowest BCUT2D eigenvalue weighted by Crippen LogP contribution is -2.51. The first kappa shape index (κ1) is 25.3. The summed E-state index contributed by atoms with van der Waals surface area (Å²) in [7, 11) is 1.87. The van der Waals surface area contributed by atoms with Crippen molar-refractivity contribution in [3.8, 4) is 0 Å². The number of carbonyl (C=O) groups is 3. The number of hydrogen-bond acceptors (Lipinski definition) is 4. The number of Topliss-reactive ketones (excluding diaryl/α,β-unsaturated/α-hetero) is 2. The second-order valence-electron chi connectivity index (χ2n) is 8.88. The second kappa shape index (κ2) is 10.6. The van der Waals surface area contributed by atoms with Gasteiger partial charge < -0.3 is 15.6 Å². The largest absolute Gasteiger partial charge is 0.341 e. The summed E-state index contributed by atoms with van der Waals surface area (Å²) in [6.45, 7) is 9.72. The minimum atomic E-state index is -1.04. The molecule has 1 aromatic carbocycles. The number of nitrogens with two attached hydrogens (primary N) is 1. The molecule has 0 radical (unpaired) electrons. The second-order valence-corrected chi connectivity index (χ2v) is 9.79. The number of aryl methyl sites for hydroxylation is 1.